The van der Waals surface area contributed by atoms with Crippen LogP contribution in [-0.4, -0.2) is 19.3 Å². The second-order valence-electron chi connectivity index (χ2n) is 4.05. The van der Waals surface area contributed by atoms with E-state index in [0.29, 0.717) is 12.6 Å². The largest absolute Gasteiger partial charge is 0.377 e. The fourth-order valence-corrected chi connectivity index (χ4v) is 1.88. The summed E-state index contributed by atoms with van der Waals surface area (Å²) in [7, 11) is 0. The van der Waals surface area contributed by atoms with E-state index in [0.717, 1.165) is 18.4 Å². The number of nitrogens with two attached hydrogens (primary N) is 1. The molecule has 0 aliphatic heterocycles. The van der Waals surface area contributed by atoms with E-state index in [2.05, 4.69) is 13.8 Å². The summed E-state index contributed by atoms with van der Waals surface area (Å²) in [5.74, 6) is 1.70. The Morgan fingerprint density at radius 1 is 1.25 bits per heavy atom. The van der Waals surface area contributed by atoms with Crippen LogP contribution in [0.1, 0.15) is 33.1 Å². The number of hydrogen-bond acceptors (Lipinski definition) is 2. The summed E-state index contributed by atoms with van der Waals surface area (Å²) < 4.78 is 5.63. The molecular formula is C10H21NO. The maximum absolute atomic E-state index is 5.63. The molecule has 2 N–H and O–H groups in total. The van der Waals surface area contributed by atoms with Gasteiger partial charge in [-0.2, -0.15) is 0 Å². The molecule has 0 heterocycles. The van der Waals surface area contributed by atoms with Crippen LogP contribution in [0.2, 0.25) is 0 Å². The Kier molecular flexibility index (Phi) is 4.02. The lowest BCUT2D eigenvalue weighted by Gasteiger charge is -2.31. The molecule has 1 aliphatic rings. The summed E-state index contributed by atoms with van der Waals surface area (Å²) in [5, 5.41) is 0. The topological polar surface area (TPSA) is 35.2 Å². The minimum absolute atomic E-state index is 0.486. The van der Waals surface area contributed by atoms with Crippen molar-refractivity contribution in [2.24, 2.45) is 17.6 Å². The highest BCUT2D eigenvalue weighted by molar-refractivity contribution is 4.75. The first-order valence-corrected chi connectivity index (χ1v) is 5.05. The Morgan fingerprint density at radius 3 is 2.58 bits per heavy atom. The molecule has 1 rings (SSSR count). The predicted molar refractivity (Wildman–Crippen MR) is 51.0 cm³/mol. The van der Waals surface area contributed by atoms with Crippen LogP contribution in [0.25, 0.3) is 0 Å². The molecule has 0 radical (unpaired) electrons. The molecule has 0 aromatic heterocycles. The van der Waals surface area contributed by atoms with Crippen LogP contribution in [0.4, 0.5) is 0 Å². The van der Waals surface area contributed by atoms with Gasteiger partial charge in [-0.3, -0.25) is 0 Å². The van der Waals surface area contributed by atoms with Crippen molar-refractivity contribution in [3.63, 3.8) is 0 Å². The lowest BCUT2D eigenvalue weighted by atomic mass is 9.80. The summed E-state index contributed by atoms with van der Waals surface area (Å²) in [6, 6.07) is 0. The van der Waals surface area contributed by atoms with Gasteiger partial charge in [-0.05, 0) is 31.1 Å². The first kappa shape index (κ1) is 10.0. The second-order valence-corrected chi connectivity index (χ2v) is 4.05. The maximum atomic E-state index is 5.63. The van der Waals surface area contributed by atoms with E-state index >= 15 is 0 Å². The van der Waals surface area contributed by atoms with Crippen molar-refractivity contribution in [2.75, 3.05) is 13.2 Å². The van der Waals surface area contributed by atoms with Gasteiger partial charge in [-0.15, -0.1) is 0 Å². The van der Waals surface area contributed by atoms with Crippen molar-refractivity contribution >= 4 is 0 Å². The van der Waals surface area contributed by atoms with Gasteiger partial charge in [0.25, 0.3) is 0 Å². The Bertz CT molecular complexity index is 125. The lowest BCUT2D eigenvalue weighted by molar-refractivity contribution is 0.00663. The molecule has 1 aliphatic carbocycles. The van der Waals surface area contributed by atoms with Crippen LogP contribution in [0.15, 0.2) is 0 Å². The Labute approximate surface area is 75.5 Å². The van der Waals surface area contributed by atoms with Crippen LogP contribution in [0, 0.1) is 11.8 Å². The van der Waals surface area contributed by atoms with Crippen molar-refractivity contribution in [3.05, 3.63) is 0 Å². The highest BCUT2D eigenvalue weighted by atomic mass is 16.5. The van der Waals surface area contributed by atoms with Gasteiger partial charge in [-0.1, -0.05) is 13.8 Å². The van der Waals surface area contributed by atoms with Gasteiger partial charge in [0.15, 0.2) is 0 Å². The SMILES string of the molecule is CC1CCC(OCCN)CC1C. The molecule has 72 valence electrons. The lowest BCUT2D eigenvalue weighted by Crippen LogP contribution is -2.28. The number of rotatable bonds is 3. The molecular weight excluding hydrogens is 150 g/mol. The molecule has 0 aromatic rings. The van der Waals surface area contributed by atoms with E-state index in [-0.39, 0.29) is 0 Å². The molecule has 12 heavy (non-hydrogen) atoms. The van der Waals surface area contributed by atoms with Crippen LogP contribution >= 0.6 is 0 Å². The van der Waals surface area contributed by atoms with Gasteiger partial charge in [0, 0.05) is 6.54 Å². The molecule has 0 amide bonds. The molecule has 0 bridgehead atoms. The molecule has 0 aromatic carbocycles. The van der Waals surface area contributed by atoms with Crippen LogP contribution < -0.4 is 5.73 Å². The fourth-order valence-electron chi connectivity index (χ4n) is 1.88. The zero-order valence-corrected chi connectivity index (χ0v) is 8.25. The van der Waals surface area contributed by atoms with Crippen molar-refractivity contribution in [2.45, 2.75) is 39.2 Å². The highest BCUT2D eigenvalue weighted by Gasteiger charge is 2.24. The Morgan fingerprint density at radius 2 is 2.00 bits per heavy atom. The Hall–Kier alpha value is -0.0800. The van der Waals surface area contributed by atoms with E-state index < -0.39 is 0 Å². The monoisotopic (exact) mass is 171 g/mol. The summed E-state index contributed by atoms with van der Waals surface area (Å²) >= 11 is 0. The standard InChI is InChI=1S/C10H21NO/c1-8-3-4-10(7-9(8)2)12-6-5-11/h8-10H,3-7,11H2,1-2H3. The van der Waals surface area contributed by atoms with Crippen molar-refractivity contribution < 1.29 is 4.74 Å². The second kappa shape index (κ2) is 4.83. The van der Waals surface area contributed by atoms with Gasteiger partial charge < -0.3 is 10.5 Å². The van der Waals surface area contributed by atoms with Crippen molar-refractivity contribution in [1.29, 1.82) is 0 Å². The van der Waals surface area contributed by atoms with E-state index in [1.165, 1.54) is 19.3 Å². The van der Waals surface area contributed by atoms with E-state index in [1.807, 2.05) is 0 Å². The summed E-state index contributed by atoms with van der Waals surface area (Å²) in [6.07, 6.45) is 4.25. The van der Waals surface area contributed by atoms with Gasteiger partial charge >= 0.3 is 0 Å². The summed E-state index contributed by atoms with van der Waals surface area (Å²) in [5.41, 5.74) is 5.38. The zero-order chi connectivity index (χ0) is 8.97. The van der Waals surface area contributed by atoms with E-state index in [9.17, 15) is 0 Å². The molecule has 2 nitrogen and oxygen atoms in total. The predicted octanol–water partition coefficient (Wildman–Crippen LogP) is 1.79. The number of ether oxygens (including phenoxy) is 1. The first-order chi connectivity index (χ1) is 5.74. The summed E-state index contributed by atoms with van der Waals surface area (Å²) in [4.78, 5) is 0. The normalized spacial score (nSPS) is 36.8. The highest BCUT2D eigenvalue weighted by Crippen LogP contribution is 2.30. The average molecular weight is 171 g/mol. The van der Waals surface area contributed by atoms with E-state index in [4.69, 9.17) is 10.5 Å². The third-order valence-electron chi connectivity index (χ3n) is 3.02. The molecule has 3 unspecified atom stereocenters. The molecule has 1 fully saturated rings. The van der Waals surface area contributed by atoms with Gasteiger partial charge in [-0.25, -0.2) is 0 Å². The average Bonchev–Trinajstić information content (AvgIpc) is 2.07. The smallest absolute Gasteiger partial charge is 0.0592 e. The first-order valence-electron chi connectivity index (χ1n) is 5.05. The third-order valence-corrected chi connectivity index (χ3v) is 3.02. The quantitative estimate of drug-likeness (QED) is 0.702. The van der Waals surface area contributed by atoms with Crippen molar-refractivity contribution in [3.8, 4) is 0 Å². The van der Waals surface area contributed by atoms with Gasteiger partial charge in [0.05, 0.1) is 12.7 Å². The van der Waals surface area contributed by atoms with Crippen LogP contribution in [0.3, 0.4) is 0 Å². The minimum Gasteiger partial charge on any atom is -0.377 e. The molecule has 3 atom stereocenters. The van der Waals surface area contributed by atoms with Crippen molar-refractivity contribution in [1.82, 2.24) is 0 Å². The number of hydrogen-bond donors (Lipinski definition) is 1. The maximum Gasteiger partial charge on any atom is 0.0592 e. The minimum atomic E-state index is 0.486. The van der Waals surface area contributed by atoms with Gasteiger partial charge in [0.2, 0.25) is 0 Å². The Balaban J connectivity index is 2.21. The molecule has 0 saturated heterocycles. The zero-order valence-electron chi connectivity index (χ0n) is 8.25. The van der Waals surface area contributed by atoms with Crippen LogP contribution in [0.5, 0.6) is 0 Å². The van der Waals surface area contributed by atoms with Gasteiger partial charge in [0.1, 0.15) is 0 Å². The fraction of sp³-hybridized carbons (Fsp3) is 1.00. The molecule has 1 saturated carbocycles. The van der Waals surface area contributed by atoms with Crippen LogP contribution in [-0.2, 0) is 4.74 Å². The molecule has 0 spiro atoms. The summed E-state index contributed by atoms with van der Waals surface area (Å²) in [6.45, 7) is 6.04. The third kappa shape index (κ3) is 2.76. The van der Waals surface area contributed by atoms with E-state index in [1.54, 1.807) is 0 Å². The molecule has 2 heteroatoms.